The number of amides is 1. The summed E-state index contributed by atoms with van der Waals surface area (Å²) >= 11 is 0. The predicted molar refractivity (Wildman–Crippen MR) is 39.7 cm³/mol. The average Bonchev–Trinajstić information content (AvgIpc) is 2.01. The lowest BCUT2D eigenvalue weighted by molar-refractivity contribution is -0.121. The molecule has 4 heteroatoms. The van der Waals surface area contributed by atoms with Gasteiger partial charge >= 0.3 is 0 Å². The van der Waals surface area contributed by atoms with Gasteiger partial charge in [-0.25, -0.2) is 0 Å². The van der Waals surface area contributed by atoms with Crippen molar-refractivity contribution in [2.75, 3.05) is 20.3 Å². The molecule has 0 bridgehead atoms. The minimum Gasteiger partial charge on any atom is -0.384 e. The Morgan fingerprint density at radius 3 is 3.00 bits per heavy atom. The normalized spacial score (nSPS) is 8.73. The zero-order chi connectivity index (χ0) is 8.53. The second kappa shape index (κ2) is 7.03. The van der Waals surface area contributed by atoms with Crippen molar-refractivity contribution in [1.82, 2.24) is 5.32 Å². The Morgan fingerprint density at radius 2 is 2.45 bits per heavy atom. The molecule has 11 heavy (non-hydrogen) atoms. The quantitative estimate of drug-likeness (QED) is 0.572. The van der Waals surface area contributed by atoms with Crippen LogP contribution in [0.5, 0.6) is 0 Å². The van der Waals surface area contributed by atoms with Gasteiger partial charge in [-0.1, -0.05) is 0 Å². The highest BCUT2D eigenvalue weighted by atomic mass is 16.5. The van der Waals surface area contributed by atoms with Crippen LogP contribution < -0.4 is 5.32 Å². The van der Waals surface area contributed by atoms with E-state index in [1.807, 2.05) is 6.07 Å². The molecule has 0 aliphatic heterocycles. The van der Waals surface area contributed by atoms with Crippen molar-refractivity contribution in [3.05, 3.63) is 0 Å². The molecule has 1 amide bonds. The Hall–Kier alpha value is -1.08. The molecule has 0 aromatic rings. The smallest absolute Gasteiger partial charge is 0.222 e. The summed E-state index contributed by atoms with van der Waals surface area (Å²) in [6, 6.07) is 1.93. The first-order valence-corrected chi connectivity index (χ1v) is 3.44. The first-order chi connectivity index (χ1) is 5.31. The molecule has 0 saturated heterocycles. The molecule has 0 atom stereocenters. The van der Waals surface area contributed by atoms with Gasteiger partial charge in [0.1, 0.15) is 0 Å². The van der Waals surface area contributed by atoms with Crippen LogP contribution in [0.1, 0.15) is 12.8 Å². The number of carbonyl (C=O) groups excluding carboxylic acids is 1. The van der Waals surface area contributed by atoms with Crippen LogP contribution in [0.4, 0.5) is 0 Å². The standard InChI is InChI=1S/C7H12N2O2/c1-11-6-3-7(10)9-5-2-4-8/h2-3,5-6H2,1H3,(H,9,10). The molecule has 4 nitrogen and oxygen atoms in total. The highest BCUT2D eigenvalue weighted by Gasteiger charge is 1.97. The van der Waals surface area contributed by atoms with Crippen molar-refractivity contribution >= 4 is 5.91 Å². The monoisotopic (exact) mass is 156 g/mol. The zero-order valence-electron chi connectivity index (χ0n) is 6.59. The molecular formula is C7H12N2O2. The minimum absolute atomic E-state index is 0.0675. The third kappa shape index (κ3) is 6.81. The van der Waals surface area contributed by atoms with E-state index in [1.54, 1.807) is 7.11 Å². The Kier molecular flexibility index (Phi) is 6.34. The Balaban J connectivity index is 3.17. The lowest BCUT2D eigenvalue weighted by atomic mass is 10.4. The van der Waals surface area contributed by atoms with E-state index < -0.39 is 0 Å². The third-order valence-electron chi connectivity index (χ3n) is 1.09. The molecule has 0 fully saturated rings. The van der Waals surface area contributed by atoms with Gasteiger partial charge < -0.3 is 10.1 Å². The number of ether oxygens (including phenoxy) is 1. The number of nitrogens with zero attached hydrogens (tertiary/aromatic N) is 1. The minimum atomic E-state index is -0.0675. The third-order valence-corrected chi connectivity index (χ3v) is 1.09. The molecule has 0 aliphatic carbocycles. The number of nitriles is 1. The van der Waals surface area contributed by atoms with Gasteiger partial charge in [0.25, 0.3) is 0 Å². The number of rotatable bonds is 5. The summed E-state index contributed by atoms with van der Waals surface area (Å²) in [6.45, 7) is 0.859. The van der Waals surface area contributed by atoms with E-state index in [1.165, 1.54) is 0 Å². The number of hydrogen-bond acceptors (Lipinski definition) is 3. The molecule has 0 unspecified atom stereocenters. The topological polar surface area (TPSA) is 62.1 Å². The fourth-order valence-corrected chi connectivity index (χ4v) is 0.541. The van der Waals surface area contributed by atoms with E-state index in [0.717, 1.165) is 0 Å². The molecule has 0 aliphatic rings. The Morgan fingerprint density at radius 1 is 1.73 bits per heavy atom. The van der Waals surface area contributed by atoms with Gasteiger partial charge in [0.15, 0.2) is 0 Å². The summed E-state index contributed by atoms with van der Waals surface area (Å²) in [5.41, 5.74) is 0. The summed E-state index contributed by atoms with van der Waals surface area (Å²) in [5, 5.41) is 10.7. The fourth-order valence-electron chi connectivity index (χ4n) is 0.541. The summed E-state index contributed by atoms with van der Waals surface area (Å²) in [5.74, 6) is -0.0675. The molecule has 0 saturated carbocycles. The van der Waals surface area contributed by atoms with Gasteiger partial charge in [-0.15, -0.1) is 0 Å². The summed E-state index contributed by atoms with van der Waals surface area (Å²) in [6.07, 6.45) is 0.723. The van der Waals surface area contributed by atoms with Crippen molar-refractivity contribution in [3.63, 3.8) is 0 Å². The first-order valence-electron chi connectivity index (χ1n) is 3.44. The molecule has 0 radical (unpaired) electrons. The van der Waals surface area contributed by atoms with E-state index >= 15 is 0 Å². The SMILES string of the molecule is COCCC(=O)NCCC#N. The summed E-state index contributed by atoms with van der Waals surface area (Å²) in [4.78, 5) is 10.8. The highest BCUT2D eigenvalue weighted by Crippen LogP contribution is 1.80. The highest BCUT2D eigenvalue weighted by molar-refractivity contribution is 5.75. The summed E-state index contributed by atoms with van der Waals surface area (Å²) < 4.78 is 4.69. The van der Waals surface area contributed by atoms with E-state index in [-0.39, 0.29) is 5.91 Å². The summed E-state index contributed by atoms with van der Waals surface area (Å²) in [7, 11) is 1.54. The molecule has 0 rings (SSSR count). The van der Waals surface area contributed by atoms with Crippen LogP contribution in [0, 0.1) is 11.3 Å². The molecule has 0 aromatic heterocycles. The second-order valence-electron chi connectivity index (χ2n) is 2.00. The number of carbonyl (C=O) groups is 1. The van der Waals surface area contributed by atoms with Crippen LogP contribution in [0.2, 0.25) is 0 Å². The van der Waals surface area contributed by atoms with Crippen LogP contribution in [0.25, 0.3) is 0 Å². The molecular weight excluding hydrogens is 144 g/mol. The zero-order valence-corrected chi connectivity index (χ0v) is 6.59. The maximum Gasteiger partial charge on any atom is 0.222 e. The Bertz CT molecular complexity index is 151. The van der Waals surface area contributed by atoms with Crippen LogP contribution >= 0.6 is 0 Å². The number of methoxy groups -OCH3 is 1. The van der Waals surface area contributed by atoms with E-state index in [4.69, 9.17) is 10.00 Å². The van der Waals surface area contributed by atoms with Crippen LogP contribution in [0.15, 0.2) is 0 Å². The number of hydrogen-bond donors (Lipinski definition) is 1. The van der Waals surface area contributed by atoms with Gasteiger partial charge in [-0.05, 0) is 0 Å². The van der Waals surface area contributed by atoms with Gasteiger partial charge in [0, 0.05) is 20.1 Å². The largest absolute Gasteiger partial charge is 0.384 e. The van der Waals surface area contributed by atoms with Crippen molar-refractivity contribution < 1.29 is 9.53 Å². The van der Waals surface area contributed by atoms with Crippen molar-refractivity contribution in [2.24, 2.45) is 0 Å². The molecule has 0 heterocycles. The van der Waals surface area contributed by atoms with Crippen LogP contribution in [-0.4, -0.2) is 26.2 Å². The van der Waals surface area contributed by atoms with Gasteiger partial charge in [0.05, 0.1) is 19.1 Å². The van der Waals surface area contributed by atoms with Crippen LogP contribution in [0.3, 0.4) is 0 Å². The maximum atomic E-state index is 10.8. The van der Waals surface area contributed by atoms with E-state index in [0.29, 0.717) is 26.0 Å². The van der Waals surface area contributed by atoms with Gasteiger partial charge in [-0.2, -0.15) is 5.26 Å². The number of nitrogens with one attached hydrogen (secondary N) is 1. The first kappa shape index (κ1) is 9.92. The van der Waals surface area contributed by atoms with Crippen molar-refractivity contribution in [3.8, 4) is 6.07 Å². The van der Waals surface area contributed by atoms with Crippen molar-refractivity contribution in [2.45, 2.75) is 12.8 Å². The Labute approximate surface area is 66.1 Å². The van der Waals surface area contributed by atoms with E-state index in [9.17, 15) is 4.79 Å². The maximum absolute atomic E-state index is 10.8. The second-order valence-corrected chi connectivity index (χ2v) is 2.00. The molecule has 1 N–H and O–H groups in total. The fraction of sp³-hybridized carbons (Fsp3) is 0.714. The average molecular weight is 156 g/mol. The predicted octanol–water partition coefficient (Wildman–Crippen LogP) is 0.0528. The van der Waals surface area contributed by atoms with Gasteiger partial charge in [0.2, 0.25) is 5.91 Å². The lowest BCUT2D eigenvalue weighted by Crippen LogP contribution is -2.24. The molecule has 0 aromatic carbocycles. The van der Waals surface area contributed by atoms with Crippen LogP contribution in [-0.2, 0) is 9.53 Å². The van der Waals surface area contributed by atoms with E-state index in [2.05, 4.69) is 5.32 Å². The molecule has 0 spiro atoms. The van der Waals surface area contributed by atoms with Crippen molar-refractivity contribution in [1.29, 1.82) is 5.26 Å². The molecule has 62 valence electrons. The lowest BCUT2D eigenvalue weighted by Gasteiger charge is -2.00. The van der Waals surface area contributed by atoms with Gasteiger partial charge in [-0.3, -0.25) is 4.79 Å².